The highest BCUT2D eigenvalue weighted by atomic mass is 19.1. The van der Waals surface area contributed by atoms with Crippen LogP contribution in [0, 0.1) is 11.6 Å². The molecule has 0 aromatic heterocycles. The van der Waals surface area contributed by atoms with Crippen LogP contribution in [0.2, 0.25) is 0 Å². The largest absolute Gasteiger partial charge is 0.478 e. The number of halogens is 2. The number of carboxylic acid groups (broad SMARTS) is 4. The highest BCUT2D eigenvalue weighted by molar-refractivity contribution is 5.90. The molecule has 2 aliphatic heterocycles. The van der Waals surface area contributed by atoms with E-state index in [1.165, 1.54) is 18.2 Å². The lowest BCUT2D eigenvalue weighted by Crippen LogP contribution is -2.49. The molecule has 5 N–H and O–H groups in total. The topological polar surface area (TPSA) is 188 Å². The van der Waals surface area contributed by atoms with Gasteiger partial charge in [-0.15, -0.1) is 0 Å². The lowest BCUT2D eigenvalue weighted by molar-refractivity contribution is -0.134. The Labute approximate surface area is 269 Å². The van der Waals surface area contributed by atoms with Crippen LogP contribution in [0.25, 0.3) is 0 Å². The Hall–Kier alpha value is -5.15. The van der Waals surface area contributed by atoms with Crippen LogP contribution in [-0.4, -0.2) is 117 Å². The summed E-state index contributed by atoms with van der Waals surface area (Å²) in [6.07, 6.45) is 3.12. The van der Waals surface area contributed by atoms with E-state index in [0.29, 0.717) is 24.3 Å². The normalized spacial score (nSPS) is 19.4. The first-order valence-corrected chi connectivity index (χ1v) is 14.7. The zero-order valence-corrected chi connectivity index (χ0v) is 25.3. The van der Waals surface area contributed by atoms with Gasteiger partial charge in [0.15, 0.2) is 0 Å². The summed E-state index contributed by atoms with van der Waals surface area (Å²) in [5.41, 5.74) is 3.30. The second kappa shape index (κ2) is 17.5. The Kier molecular flexibility index (Phi) is 13.5. The molecule has 2 heterocycles. The number of aliphatic carboxylic acids is 4. The van der Waals surface area contributed by atoms with Gasteiger partial charge in [0.2, 0.25) is 0 Å². The smallest absolute Gasteiger partial charge is 0.328 e. The fourth-order valence-corrected chi connectivity index (χ4v) is 5.56. The summed E-state index contributed by atoms with van der Waals surface area (Å²) in [5, 5.41) is 34.1. The molecule has 0 radical (unpaired) electrons. The van der Waals surface area contributed by atoms with E-state index in [1.54, 1.807) is 6.07 Å². The van der Waals surface area contributed by atoms with Gasteiger partial charge < -0.3 is 30.6 Å². The standard InChI is InChI=1S/C24H28F2N4O.2C4H4O4/c25-18-3-1-17(2-4-18)21-16-23(22-15-19(26)5-6-20(21)22)29-12-9-28(10-13-29)11-14-30-8-7-27-24(30)31;2*5-3(6)1-2-4(7)8/h1-6,15,21,23H,7-14,16H2,(H,27,31);2*1-2H,(H,5,6)(H,7,8)/b;2*2-1-/t21-,23+;;/m1../s1. The second-order valence-corrected chi connectivity index (χ2v) is 10.7. The van der Waals surface area contributed by atoms with E-state index in [4.69, 9.17) is 20.4 Å². The summed E-state index contributed by atoms with van der Waals surface area (Å²) in [5.74, 6) is -5.31. The zero-order chi connectivity index (χ0) is 34.5. The average molecular weight is 659 g/mol. The van der Waals surface area contributed by atoms with Crippen LogP contribution in [0.4, 0.5) is 13.6 Å². The van der Waals surface area contributed by atoms with Gasteiger partial charge in [-0.1, -0.05) is 18.2 Å². The van der Waals surface area contributed by atoms with Crippen molar-refractivity contribution in [1.29, 1.82) is 0 Å². The number of rotatable bonds is 9. The van der Waals surface area contributed by atoms with E-state index in [0.717, 1.165) is 75.5 Å². The molecule has 3 aliphatic rings. The first-order valence-electron chi connectivity index (χ1n) is 14.7. The molecule has 1 aliphatic carbocycles. The van der Waals surface area contributed by atoms with Crippen molar-refractivity contribution in [2.75, 3.05) is 52.4 Å². The van der Waals surface area contributed by atoms with E-state index in [2.05, 4.69) is 15.1 Å². The number of urea groups is 1. The third-order valence-electron chi connectivity index (χ3n) is 7.73. The molecule has 5 rings (SSSR count). The molecule has 2 aromatic rings. The molecule has 2 fully saturated rings. The van der Waals surface area contributed by atoms with E-state index in [1.807, 2.05) is 23.1 Å². The van der Waals surface area contributed by atoms with E-state index in [-0.39, 0.29) is 29.6 Å². The lowest BCUT2D eigenvalue weighted by Gasteiger charge is -2.39. The minimum Gasteiger partial charge on any atom is -0.478 e. The molecular weight excluding hydrogens is 622 g/mol. The molecule has 0 bridgehead atoms. The molecule has 0 unspecified atom stereocenters. The molecule has 47 heavy (non-hydrogen) atoms. The number of fused-ring (bicyclic) bond motifs is 1. The summed E-state index contributed by atoms with van der Waals surface area (Å²) < 4.78 is 27.5. The molecular formula is C32H36F2N4O9. The van der Waals surface area contributed by atoms with Crippen molar-refractivity contribution in [2.45, 2.75) is 18.4 Å². The molecule has 0 saturated carbocycles. The van der Waals surface area contributed by atoms with Crippen LogP contribution in [0.5, 0.6) is 0 Å². The molecule has 15 heteroatoms. The van der Waals surface area contributed by atoms with Crippen LogP contribution in [0.15, 0.2) is 66.8 Å². The second-order valence-electron chi connectivity index (χ2n) is 10.7. The van der Waals surface area contributed by atoms with Gasteiger partial charge in [-0.2, -0.15) is 0 Å². The van der Waals surface area contributed by atoms with Gasteiger partial charge in [0.05, 0.1) is 0 Å². The predicted molar refractivity (Wildman–Crippen MR) is 164 cm³/mol. The average Bonchev–Trinajstić information content (AvgIpc) is 3.62. The third kappa shape index (κ3) is 11.6. The fourth-order valence-electron chi connectivity index (χ4n) is 5.56. The summed E-state index contributed by atoms with van der Waals surface area (Å²) in [4.78, 5) is 56.7. The molecule has 2 aromatic carbocycles. The van der Waals surface area contributed by atoms with Gasteiger partial charge >= 0.3 is 29.9 Å². The van der Waals surface area contributed by atoms with Crippen molar-refractivity contribution < 1.29 is 53.2 Å². The number of benzene rings is 2. The Bertz CT molecular complexity index is 1430. The van der Waals surface area contributed by atoms with E-state index in [9.17, 15) is 32.8 Å². The van der Waals surface area contributed by atoms with Crippen LogP contribution in [-0.2, 0) is 19.2 Å². The van der Waals surface area contributed by atoms with Crippen molar-refractivity contribution in [3.05, 3.63) is 95.1 Å². The van der Waals surface area contributed by atoms with Gasteiger partial charge in [-0.05, 0) is 47.4 Å². The zero-order valence-electron chi connectivity index (χ0n) is 25.3. The van der Waals surface area contributed by atoms with E-state index < -0.39 is 23.9 Å². The Morgan fingerprint density at radius 1 is 0.723 bits per heavy atom. The lowest BCUT2D eigenvalue weighted by atomic mass is 9.93. The number of carbonyl (C=O) groups excluding carboxylic acids is 1. The van der Waals surface area contributed by atoms with Gasteiger partial charge in [0, 0.05) is 88.6 Å². The minimum absolute atomic E-state index is 0.0371. The number of amides is 2. The molecule has 252 valence electrons. The van der Waals surface area contributed by atoms with E-state index >= 15 is 0 Å². The predicted octanol–water partition coefficient (Wildman–Crippen LogP) is 2.61. The van der Waals surface area contributed by atoms with Crippen molar-refractivity contribution in [1.82, 2.24) is 20.0 Å². The van der Waals surface area contributed by atoms with Gasteiger partial charge in [0.25, 0.3) is 0 Å². The number of nitrogens with zero attached hydrogens (tertiary/aromatic N) is 3. The molecule has 2 atom stereocenters. The fraction of sp³-hybridized carbons (Fsp3) is 0.344. The van der Waals surface area contributed by atoms with Gasteiger partial charge in [0.1, 0.15) is 11.6 Å². The number of hydrogen-bond acceptors (Lipinski definition) is 7. The van der Waals surface area contributed by atoms with Gasteiger partial charge in [-0.3, -0.25) is 9.80 Å². The maximum atomic E-state index is 14.1. The van der Waals surface area contributed by atoms with Crippen molar-refractivity contribution >= 4 is 29.9 Å². The molecule has 2 saturated heterocycles. The Morgan fingerprint density at radius 2 is 1.26 bits per heavy atom. The van der Waals surface area contributed by atoms with Crippen LogP contribution >= 0.6 is 0 Å². The monoisotopic (exact) mass is 658 g/mol. The number of carbonyl (C=O) groups is 5. The summed E-state index contributed by atoms with van der Waals surface area (Å²) in [6, 6.07) is 12.0. The highest BCUT2D eigenvalue weighted by Crippen LogP contribution is 2.47. The maximum Gasteiger partial charge on any atom is 0.328 e. The number of nitrogens with one attached hydrogen (secondary N) is 1. The molecule has 13 nitrogen and oxygen atoms in total. The number of hydrogen-bond donors (Lipinski definition) is 5. The van der Waals surface area contributed by atoms with Crippen molar-refractivity contribution in [3.63, 3.8) is 0 Å². The Balaban J connectivity index is 0.000000312. The van der Waals surface area contributed by atoms with Crippen molar-refractivity contribution in [2.24, 2.45) is 0 Å². The summed E-state index contributed by atoms with van der Waals surface area (Å²) in [7, 11) is 0. The van der Waals surface area contributed by atoms with Crippen molar-refractivity contribution in [3.8, 4) is 0 Å². The molecule has 2 amide bonds. The number of carboxylic acids is 4. The first-order chi connectivity index (χ1) is 22.3. The number of piperazine rings is 1. The van der Waals surface area contributed by atoms with Crippen LogP contribution in [0.1, 0.15) is 35.1 Å². The van der Waals surface area contributed by atoms with Crippen LogP contribution in [0.3, 0.4) is 0 Å². The quantitative estimate of drug-likeness (QED) is 0.249. The first kappa shape index (κ1) is 36.3. The summed E-state index contributed by atoms with van der Waals surface area (Å²) in [6.45, 7) is 6.89. The highest BCUT2D eigenvalue weighted by Gasteiger charge is 2.37. The molecule has 0 spiro atoms. The minimum atomic E-state index is -1.26. The van der Waals surface area contributed by atoms with Crippen LogP contribution < -0.4 is 5.32 Å². The maximum absolute atomic E-state index is 14.1. The third-order valence-corrected chi connectivity index (χ3v) is 7.73. The Morgan fingerprint density at radius 3 is 1.74 bits per heavy atom. The summed E-state index contributed by atoms with van der Waals surface area (Å²) >= 11 is 0. The van der Waals surface area contributed by atoms with Gasteiger partial charge in [-0.25, -0.2) is 32.8 Å². The SMILES string of the molecule is O=C(O)/C=C\C(=O)O.O=C(O)/C=C\C(=O)O.O=C1NCCN1CCN1CCN([C@H]2C[C@H](c3ccc(F)cc3)c3ccc(F)cc32)CC1.